The molecule has 1 aliphatic carbocycles. The summed E-state index contributed by atoms with van der Waals surface area (Å²) in [6.07, 6.45) is 3.50. The molecule has 0 saturated heterocycles. The van der Waals surface area contributed by atoms with E-state index in [2.05, 4.69) is 10.3 Å². The lowest BCUT2D eigenvalue weighted by molar-refractivity contribution is 0.0924. The van der Waals surface area contributed by atoms with Gasteiger partial charge in [0.05, 0.1) is 6.04 Å². The van der Waals surface area contributed by atoms with Crippen LogP contribution < -0.4 is 10.1 Å². The maximum absolute atomic E-state index is 12.3. The Hall–Kier alpha value is -2.30. The van der Waals surface area contributed by atoms with Crippen LogP contribution in [0.4, 0.5) is 0 Å². The largest absolute Gasteiger partial charge is 0.491 e. The van der Waals surface area contributed by atoms with Gasteiger partial charge in [-0.25, -0.2) is 4.98 Å². The van der Waals surface area contributed by atoms with Crippen molar-refractivity contribution in [3.63, 3.8) is 0 Å². The first-order valence-electron chi connectivity index (χ1n) is 6.79. The predicted octanol–water partition coefficient (Wildman–Crippen LogP) is 2.42. The van der Waals surface area contributed by atoms with Crippen LogP contribution in [0.3, 0.4) is 0 Å². The topological polar surface area (TPSA) is 64.4 Å². The van der Waals surface area contributed by atoms with Crippen LogP contribution in [-0.2, 0) is 0 Å². The summed E-state index contributed by atoms with van der Waals surface area (Å²) in [5, 5.41) is 2.97. The number of aromatic nitrogens is 1. The predicted molar refractivity (Wildman–Crippen MR) is 70.6 cm³/mol. The Bertz CT molecular complexity index is 661. The van der Waals surface area contributed by atoms with E-state index in [1.165, 1.54) is 6.39 Å². The summed E-state index contributed by atoms with van der Waals surface area (Å²) in [6.45, 7) is 0.460. The Morgan fingerprint density at radius 3 is 3.00 bits per heavy atom. The number of nitrogens with zero attached hydrogens (tertiary/aromatic N) is 1. The number of amides is 1. The van der Waals surface area contributed by atoms with Crippen molar-refractivity contribution in [1.29, 1.82) is 0 Å². The van der Waals surface area contributed by atoms with Crippen LogP contribution in [0.2, 0.25) is 0 Å². The summed E-state index contributed by atoms with van der Waals surface area (Å²) in [5.41, 5.74) is 1.43. The number of hydrogen-bond acceptors (Lipinski definition) is 4. The first-order valence-corrected chi connectivity index (χ1v) is 6.79. The number of hydrogen-bond donors (Lipinski definition) is 1. The van der Waals surface area contributed by atoms with E-state index in [1.807, 2.05) is 24.3 Å². The summed E-state index contributed by atoms with van der Waals surface area (Å²) in [5.74, 6) is 1.73. The fraction of sp³-hybridized carbons (Fsp3) is 0.333. The van der Waals surface area contributed by atoms with Crippen molar-refractivity contribution in [2.75, 3.05) is 6.61 Å². The number of fused-ring (bicyclic) bond motifs is 1. The highest BCUT2D eigenvalue weighted by Gasteiger charge is 2.34. The molecule has 5 heteroatoms. The van der Waals surface area contributed by atoms with Crippen molar-refractivity contribution >= 4 is 5.91 Å². The van der Waals surface area contributed by atoms with Crippen LogP contribution in [0.5, 0.6) is 5.75 Å². The number of rotatable bonds is 3. The quantitative estimate of drug-likeness (QED) is 0.930. The molecule has 1 aromatic heterocycles. The minimum absolute atomic E-state index is 0.123. The number of benzene rings is 1. The van der Waals surface area contributed by atoms with Gasteiger partial charge >= 0.3 is 0 Å². The molecule has 1 amide bonds. The van der Waals surface area contributed by atoms with E-state index < -0.39 is 0 Å². The van der Waals surface area contributed by atoms with Crippen LogP contribution in [-0.4, -0.2) is 17.5 Å². The fourth-order valence-electron chi connectivity index (χ4n) is 2.57. The summed E-state index contributed by atoms with van der Waals surface area (Å²) in [7, 11) is 0. The number of carbonyl (C=O) groups is 1. The summed E-state index contributed by atoms with van der Waals surface area (Å²) in [4.78, 5) is 16.4. The first-order chi connectivity index (χ1) is 9.83. The molecule has 0 radical (unpaired) electrons. The zero-order valence-electron chi connectivity index (χ0n) is 10.8. The average molecular weight is 270 g/mol. The minimum atomic E-state index is -0.189. The lowest BCUT2D eigenvalue weighted by Crippen LogP contribution is -2.30. The van der Waals surface area contributed by atoms with Gasteiger partial charge in [-0.2, -0.15) is 0 Å². The molecule has 0 unspecified atom stereocenters. The van der Waals surface area contributed by atoms with Gasteiger partial charge in [0.15, 0.2) is 12.1 Å². The van der Waals surface area contributed by atoms with Crippen molar-refractivity contribution in [3.8, 4) is 5.75 Å². The fourth-order valence-corrected chi connectivity index (χ4v) is 2.57. The van der Waals surface area contributed by atoms with Gasteiger partial charge in [0.25, 0.3) is 5.91 Å². The van der Waals surface area contributed by atoms with Crippen molar-refractivity contribution < 1.29 is 13.9 Å². The van der Waals surface area contributed by atoms with E-state index in [-0.39, 0.29) is 11.9 Å². The second kappa shape index (κ2) is 4.37. The summed E-state index contributed by atoms with van der Waals surface area (Å²) >= 11 is 0. The molecular formula is C15H14N2O3. The SMILES string of the molecule is O=C(N[C@@H]1COc2ccccc21)c1ncoc1C1CC1. The number of carbonyl (C=O) groups excluding carboxylic acids is 1. The van der Waals surface area contributed by atoms with Gasteiger partial charge in [-0.05, 0) is 18.9 Å². The van der Waals surface area contributed by atoms with Gasteiger partial charge in [0.2, 0.25) is 0 Å². The van der Waals surface area contributed by atoms with Gasteiger partial charge in [-0.15, -0.1) is 0 Å². The molecule has 1 aromatic carbocycles. The molecule has 0 spiro atoms. The molecule has 20 heavy (non-hydrogen) atoms. The third-order valence-corrected chi connectivity index (χ3v) is 3.76. The molecule has 2 aromatic rings. The van der Waals surface area contributed by atoms with Gasteiger partial charge < -0.3 is 14.5 Å². The van der Waals surface area contributed by atoms with Gasteiger partial charge in [0, 0.05) is 11.5 Å². The monoisotopic (exact) mass is 270 g/mol. The van der Waals surface area contributed by atoms with Gasteiger partial charge in [0.1, 0.15) is 18.1 Å². The molecule has 1 aliphatic heterocycles. The lowest BCUT2D eigenvalue weighted by atomic mass is 10.1. The van der Waals surface area contributed by atoms with Gasteiger partial charge in [-0.1, -0.05) is 18.2 Å². The molecule has 1 fully saturated rings. The van der Waals surface area contributed by atoms with E-state index in [0.717, 1.165) is 29.9 Å². The van der Waals surface area contributed by atoms with E-state index in [0.29, 0.717) is 18.2 Å². The second-order valence-corrected chi connectivity index (χ2v) is 5.21. The van der Waals surface area contributed by atoms with E-state index in [1.54, 1.807) is 0 Å². The number of ether oxygens (including phenoxy) is 1. The molecule has 4 rings (SSSR count). The lowest BCUT2D eigenvalue weighted by Gasteiger charge is -2.10. The molecule has 2 heterocycles. The molecule has 1 saturated carbocycles. The highest BCUT2D eigenvalue weighted by molar-refractivity contribution is 5.93. The summed E-state index contributed by atoms with van der Waals surface area (Å²) < 4.78 is 10.9. The van der Waals surface area contributed by atoms with E-state index >= 15 is 0 Å². The molecule has 0 bridgehead atoms. The molecule has 102 valence electrons. The zero-order valence-corrected chi connectivity index (χ0v) is 10.8. The normalized spacial score (nSPS) is 20.3. The third kappa shape index (κ3) is 1.86. The van der Waals surface area contributed by atoms with Gasteiger partial charge in [-0.3, -0.25) is 4.79 Å². The van der Waals surface area contributed by atoms with Crippen LogP contribution in [0.1, 0.15) is 46.6 Å². The van der Waals surface area contributed by atoms with Crippen LogP contribution >= 0.6 is 0 Å². The minimum Gasteiger partial charge on any atom is -0.491 e. The molecule has 1 atom stereocenters. The first kappa shape index (κ1) is 11.5. The number of nitrogens with one attached hydrogen (secondary N) is 1. The maximum Gasteiger partial charge on any atom is 0.274 e. The van der Waals surface area contributed by atoms with E-state index in [4.69, 9.17) is 9.15 Å². The highest BCUT2D eigenvalue weighted by atomic mass is 16.5. The standard InChI is InChI=1S/C15H14N2O3/c18-15(13-14(9-5-6-9)20-8-16-13)17-11-7-19-12-4-2-1-3-10(11)12/h1-4,8-9,11H,5-7H2,(H,17,18)/t11-/m1/s1. The van der Waals surface area contributed by atoms with Crippen molar-refractivity contribution in [2.24, 2.45) is 0 Å². The maximum atomic E-state index is 12.3. The Kier molecular flexibility index (Phi) is 2.52. The Labute approximate surface area is 116 Å². The summed E-state index contributed by atoms with van der Waals surface area (Å²) in [6, 6.07) is 7.62. The smallest absolute Gasteiger partial charge is 0.274 e. The van der Waals surface area contributed by atoms with Crippen molar-refractivity contribution in [2.45, 2.75) is 24.8 Å². The Balaban J connectivity index is 1.55. The molecule has 5 nitrogen and oxygen atoms in total. The van der Waals surface area contributed by atoms with Crippen LogP contribution in [0.15, 0.2) is 35.1 Å². The van der Waals surface area contributed by atoms with Crippen molar-refractivity contribution in [3.05, 3.63) is 47.7 Å². The number of oxazole rings is 1. The second-order valence-electron chi connectivity index (χ2n) is 5.21. The average Bonchev–Trinajstić information content (AvgIpc) is 3.06. The van der Waals surface area contributed by atoms with E-state index in [9.17, 15) is 4.79 Å². The third-order valence-electron chi connectivity index (χ3n) is 3.76. The van der Waals surface area contributed by atoms with Crippen LogP contribution in [0, 0.1) is 0 Å². The van der Waals surface area contributed by atoms with Crippen molar-refractivity contribution in [1.82, 2.24) is 10.3 Å². The molecule has 2 aliphatic rings. The highest BCUT2D eigenvalue weighted by Crippen LogP contribution is 2.41. The molecular weight excluding hydrogens is 256 g/mol. The Morgan fingerprint density at radius 2 is 2.15 bits per heavy atom. The number of para-hydroxylation sites is 1. The van der Waals surface area contributed by atoms with Crippen LogP contribution in [0.25, 0.3) is 0 Å². The molecule has 1 N–H and O–H groups in total. The zero-order chi connectivity index (χ0) is 13.5. The Morgan fingerprint density at radius 1 is 1.30 bits per heavy atom.